The third kappa shape index (κ3) is 7.49. The molecule has 0 aliphatic carbocycles. The van der Waals surface area contributed by atoms with Crippen molar-refractivity contribution in [2.24, 2.45) is 4.99 Å². The van der Waals surface area contributed by atoms with Crippen molar-refractivity contribution in [1.29, 1.82) is 0 Å². The molecule has 7 heteroatoms. The quantitative estimate of drug-likeness (QED) is 0.317. The van der Waals surface area contributed by atoms with Crippen molar-refractivity contribution in [3.05, 3.63) is 23.9 Å². The van der Waals surface area contributed by atoms with Gasteiger partial charge in [-0.3, -0.25) is 4.99 Å². The van der Waals surface area contributed by atoms with Crippen molar-refractivity contribution in [2.75, 3.05) is 33.9 Å². The van der Waals surface area contributed by atoms with Gasteiger partial charge in [-0.05, 0) is 13.0 Å². The largest absolute Gasteiger partial charge is 0.481 e. The van der Waals surface area contributed by atoms with E-state index in [4.69, 9.17) is 9.47 Å². The molecule has 1 aromatic heterocycles. The summed E-state index contributed by atoms with van der Waals surface area (Å²) in [5.74, 6) is 1.34. The number of ether oxygens (including phenoxy) is 2. The zero-order valence-corrected chi connectivity index (χ0v) is 14.5. The zero-order chi connectivity index (χ0) is 13.9. The Morgan fingerprint density at radius 3 is 2.80 bits per heavy atom. The number of rotatable bonds is 7. The summed E-state index contributed by atoms with van der Waals surface area (Å²) >= 11 is 0. The normalized spacial score (nSPS) is 10.7. The zero-order valence-electron chi connectivity index (χ0n) is 12.2. The van der Waals surface area contributed by atoms with Gasteiger partial charge >= 0.3 is 0 Å². The van der Waals surface area contributed by atoms with Crippen LogP contribution < -0.4 is 15.4 Å². The Morgan fingerprint density at radius 2 is 2.15 bits per heavy atom. The number of aromatic nitrogens is 1. The molecule has 0 atom stereocenters. The lowest BCUT2D eigenvalue weighted by Gasteiger charge is -2.11. The van der Waals surface area contributed by atoms with Crippen LogP contribution in [-0.4, -0.2) is 44.9 Å². The van der Waals surface area contributed by atoms with Gasteiger partial charge in [0.05, 0.1) is 26.0 Å². The highest BCUT2D eigenvalue weighted by molar-refractivity contribution is 14.0. The Kier molecular flexibility index (Phi) is 11.1. The smallest absolute Gasteiger partial charge is 0.213 e. The van der Waals surface area contributed by atoms with Crippen LogP contribution in [-0.2, 0) is 11.3 Å². The first-order chi connectivity index (χ1) is 9.30. The minimum atomic E-state index is 0. The van der Waals surface area contributed by atoms with Crippen molar-refractivity contribution in [2.45, 2.75) is 13.5 Å². The predicted molar refractivity (Wildman–Crippen MR) is 90.9 cm³/mol. The van der Waals surface area contributed by atoms with Gasteiger partial charge in [-0.2, -0.15) is 0 Å². The molecule has 1 aromatic rings. The summed E-state index contributed by atoms with van der Waals surface area (Å²) in [6, 6.07) is 5.66. The number of aliphatic imine (C=N–C) groups is 1. The summed E-state index contributed by atoms with van der Waals surface area (Å²) in [6.07, 6.45) is 0. The molecule has 0 spiro atoms. The van der Waals surface area contributed by atoms with Gasteiger partial charge in [-0.15, -0.1) is 24.0 Å². The average Bonchev–Trinajstić information content (AvgIpc) is 2.47. The number of methoxy groups -OCH3 is 1. The molecule has 0 radical (unpaired) electrons. The number of nitrogens with zero attached hydrogens (tertiary/aromatic N) is 2. The Hall–Kier alpha value is -1.09. The molecule has 0 amide bonds. The molecule has 6 nitrogen and oxygen atoms in total. The molecule has 0 unspecified atom stereocenters. The first-order valence-electron chi connectivity index (χ1n) is 6.32. The van der Waals surface area contributed by atoms with E-state index in [1.54, 1.807) is 14.2 Å². The van der Waals surface area contributed by atoms with Crippen LogP contribution in [0.15, 0.2) is 23.2 Å². The Labute approximate surface area is 137 Å². The lowest BCUT2D eigenvalue weighted by atomic mass is 10.3. The molecular weight excluding hydrogens is 371 g/mol. The summed E-state index contributed by atoms with van der Waals surface area (Å²) in [6.45, 7) is 4.67. The molecule has 114 valence electrons. The van der Waals surface area contributed by atoms with Gasteiger partial charge in [0, 0.05) is 26.3 Å². The Bertz CT molecular complexity index is 402. The minimum absolute atomic E-state index is 0. The van der Waals surface area contributed by atoms with Crippen molar-refractivity contribution in [1.82, 2.24) is 15.6 Å². The van der Waals surface area contributed by atoms with Crippen molar-refractivity contribution in [3.8, 4) is 5.88 Å². The molecule has 0 saturated carbocycles. The fraction of sp³-hybridized carbons (Fsp3) is 0.538. The van der Waals surface area contributed by atoms with Gasteiger partial charge in [0.15, 0.2) is 5.96 Å². The first-order valence-corrected chi connectivity index (χ1v) is 6.32. The van der Waals surface area contributed by atoms with E-state index in [1.165, 1.54) is 0 Å². The van der Waals surface area contributed by atoms with E-state index in [0.717, 1.165) is 24.8 Å². The summed E-state index contributed by atoms with van der Waals surface area (Å²) in [4.78, 5) is 8.44. The van der Waals surface area contributed by atoms with E-state index in [1.807, 2.05) is 25.1 Å². The molecule has 0 bridgehead atoms. The summed E-state index contributed by atoms with van der Waals surface area (Å²) in [5, 5.41) is 6.34. The molecule has 0 saturated heterocycles. The van der Waals surface area contributed by atoms with E-state index in [9.17, 15) is 0 Å². The molecule has 0 fully saturated rings. The molecular formula is C13H23IN4O2. The van der Waals surface area contributed by atoms with Crippen LogP contribution in [0.3, 0.4) is 0 Å². The van der Waals surface area contributed by atoms with Crippen LogP contribution >= 0.6 is 24.0 Å². The maximum atomic E-state index is 5.25. The molecule has 0 aromatic carbocycles. The van der Waals surface area contributed by atoms with Crippen LogP contribution in [0, 0.1) is 0 Å². The second-order valence-electron chi connectivity index (χ2n) is 3.72. The van der Waals surface area contributed by atoms with Crippen molar-refractivity contribution >= 4 is 29.9 Å². The molecule has 1 heterocycles. The molecule has 20 heavy (non-hydrogen) atoms. The number of hydrogen-bond acceptors (Lipinski definition) is 4. The molecule has 1 rings (SSSR count). The third-order valence-electron chi connectivity index (χ3n) is 2.39. The standard InChI is InChI=1S/C13H22N4O2.HI/c1-4-19-9-8-15-13(14-2)16-10-11-6-5-7-12(17-11)18-3;/h5-7H,4,8-10H2,1-3H3,(H2,14,15,16);1H. The number of nitrogens with one attached hydrogen (secondary N) is 2. The van der Waals surface area contributed by atoms with Gasteiger partial charge in [-0.25, -0.2) is 4.98 Å². The topological polar surface area (TPSA) is 67.8 Å². The highest BCUT2D eigenvalue weighted by Gasteiger charge is 2.00. The van der Waals surface area contributed by atoms with Gasteiger partial charge in [0.25, 0.3) is 0 Å². The van der Waals surface area contributed by atoms with Crippen molar-refractivity contribution in [3.63, 3.8) is 0 Å². The van der Waals surface area contributed by atoms with Crippen LogP contribution in [0.4, 0.5) is 0 Å². The maximum Gasteiger partial charge on any atom is 0.213 e. The van der Waals surface area contributed by atoms with Gasteiger partial charge in [0.2, 0.25) is 5.88 Å². The monoisotopic (exact) mass is 394 g/mol. The maximum absolute atomic E-state index is 5.25. The van der Waals surface area contributed by atoms with Crippen LogP contribution in [0.25, 0.3) is 0 Å². The van der Waals surface area contributed by atoms with E-state index in [2.05, 4.69) is 20.6 Å². The second kappa shape index (κ2) is 11.7. The summed E-state index contributed by atoms with van der Waals surface area (Å²) in [5.41, 5.74) is 0.895. The third-order valence-corrected chi connectivity index (χ3v) is 2.39. The predicted octanol–water partition coefficient (Wildman–Crippen LogP) is 1.41. The number of pyridine rings is 1. The lowest BCUT2D eigenvalue weighted by molar-refractivity contribution is 0.152. The van der Waals surface area contributed by atoms with Crippen LogP contribution in [0.1, 0.15) is 12.6 Å². The Balaban J connectivity index is 0.00000361. The number of guanidine groups is 1. The average molecular weight is 394 g/mol. The van der Waals surface area contributed by atoms with Crippen molar-refractivity contribution < 1.29 is 9.47 Å². The van der Waals surface area contributed by atoms with Gasteiger partial charge in [0.1, 0.15) is 0 Å². The number of hydrogen-bond donors (Lipinski definition) is 2. The van der Waals surface area contributed by atoms with Gasteiger partial charge in [-0.1, -0.05) is 6.07 Å². The van der Waals surface area contributed by atoms with Gasteiger partial charge < -0.3 is 20.1 Å². The van der Waals surface area contributed by atoms with E-state index in [-0.39, 0.29) is 24.0 Å². The highest BCUT2D eigenvalue weighted by atomic mass is 127. The number of halogens is 1. The first kappa shape index (κ1) is 18.9. The SMILES string of the molecule is CCOCCNC(=NC)NCc1cccc(OC)n1.I. The lowest BCUT2D eigenvalue weighted by Crippen LogP contribution is -2.38. The second-order valence-corrected chi connectivity index (χ2v) is 3.72. The van der Waals surface area contributed by atoms with E-state index in [0.29, 0.717) is 19.0 Å². The van der Waals surface area contributed by atoms with E-state index < -0.39 is 0 Å². The minimum Gasteiger partial charge on any atom is -0.481 e. The highest BCUT2D eigenvalue weighted by Crippen LogP contribution is 2.05. The van der Waals surface area contributed by atoms with E-state index >= 15 is 0 Å². The Morgan fingerprint density at radius 1 is 1.35 bits per heavy atom. The summed E-state index contributed by atoms with van der Waals surface area (Å²) < 4.78 is 10.3. The molecule has 0 aliphatic heterocycles. The van der Waals surface area contributed by atoms with Crippen LogP contribution in [0.5, 0.6) is 5.88 Å². The fourth-order valence-corrected chi connectivity index (χ4v) is 1.45. The molecule has 0 aliphatic rings. The summed E-state index contributed by atoms with van der Waals surface area (Å²) in [7, 11) is 3.34. The fourth-order valence-electron chi connectivity index (χ4n) is 1.45. The molecule has 2 N–H and O–H groups in total. The van der Waals surface area contributed by atoms with Crippen LogP contribution in [0.2, 0.25) is 0 Å².